The molecule has 5 nitrogen and oxygen atoms in total. The van der Waals surface area contributed by atoms with E-state index in [0.29, 0.717) is 18.4 Å². The van der Waals surface area contributed by atoms with Crippen molar-refractivity contribution in [2.24, 2.45) is 7.05 Å². The van der Waals surface area contributed by atoms with Crippen LogP contribution in [0.5, 0.6) is 0 Å². The molecule has 1 atom stereocenters. The Hall–Kier alpha value is -1.66. The highest BCUT2D eigenvalue weighted by molar-refractivity contribution is 7.90. The number of aliphatic hydroxyl groups excluding tert-OH is 1. The minimum Gasteiger partial charge on any atom is -0.388 e. The van der Waals surface area contributed by atoms with Gasteiger partial charge in [0.05, 0.1) is 17.2 Å². The summed E-state index contributed by atoms with van der Waals surface area (Å²) in [6.07, 6.45) is 5.36. The molecule has 0 fully saturated rings. The number of sulfone groups is 1. The molecule has 0 amide bonds. The van der Waals surface area contributed by atoms with Gasteiger partial charge < -0.3 is 5.11 Å². The standard InChI is InChI=1S/C14H18N2O3S/c1-16-10-11(9-15-16)6-7-14(17)12-4-3-5-13(8-12)20(2,18)19/h3-5,8-10,14,17H,6-7H2,1-2H3. The van der Waals surface area contributed by atoms with Crippen molar-refractivity contribution in [3.63, 3.8) is 0 Å². The Labute approximate surface area is 118 Å². The maximum Gasteiger partial charge on any atom is 0.175 e. The number of aryl methyl sites for hydroxylation is 2. The van der Waals surface area contributed by atoms with Gasteiger partial charge in [-0.25, -0.2) is 8.42 Å². The number of aliphatic hydroxyl groups is 1. The van der Waals surface area contributed by atoms with E-state index >= 15 is 0 Å². The van der Waals surface area contributed by atoms with Crippen molar-refractivity contribution < 1.29 is 13.5 Å². The molecule has 1 aromatic carbocycles. The molecule has 108 valence electrons. The van der Waals surface area contributed by atoms with Gasteiger partial charge in [-0.1, -0.05) is 12.1 Å². The molecule has 1 unspecified atom stereocenters. The summed E-state index contributed by atoms with van der Waals surface area (Å²) >= 11 is 0. The lowest BCUT2D eigenvalue weighted by molar-refractivity contribution is 0.167. The van der Waals surface area contributed by atoms with E-state index < -0.39 is 15.9 Å². The molecule has 0 aliphatic heterocycles. The first kappa shape index (κ1) is 14.7. The molecule has 2 aromatic rings. The first-order chi connectivity index (χ1) is 9.36. The average Bonchev–Trinajstić information content (AvgIpc) is 2.81. The van der Waals surface area contributed by atoms with Crippen LogP contribution in [0.15, 0.2) is 41.6 Å². The zero-order chi connectivity index (χ0) is 14.8. The normalized spacial score (nSPS) is 13.3. The number of aromatic nitrogens is 2. The molecule has 0 saturated carbocycles. The summed E-state index contributed by atoms with van der Waals surface area (Å²) in [4.78, 5) is 0.232. The van der Waals surface area contributed by atoms with Crippen molar-refractivity contribution in [3.05, 3.63) is 47.8 Å². The van der Waals surface area contributed by atoms with Gasteiger partial charge in [0.15, 0.2) is 9.84 Å². The highest BCUT2D eigenvalue weighted by atomic mass is 32.2. The summed E-state index contributed by atoms with van der Waals surface area (Å²) in [7, 11) is -1.40. The lowest BCUT2D eigenvalue weighted by Crippen LogP contribution is -2.03. The zero-order valence-electron chi connectivity index (χ0n) is 11.5. The summed E-state index contributed by atoms with van der Waals surface area (Å²) in [6, 6.07) is 6.46. The van der Waals surface area contributed by atoms with Crippen molar-refractivity contribution in [2.75, 3.05) is 6.26 Å². The molecule has 0 saturated heterocycles. The molecule has 0 spiro atoms. The molecule has 1 aromatic heterocycles. The Kier molecular flexibility index (Phi) is 4.25. The fourth-order valence-electron chi connectivity index (χ4n) is 2.02. The zero-order valence-corrected chi connectivity index (χ0v) is 12.3. The van der Waals surface area contributed by atoms with Gasteiger partial charge in [0.25, 0.3) is 0 Å². The third-order valence-electron chi connectivity index (χ3n) is 3.14. The van der Waals surface area contributed by atoms with Crippen LogP contribution >= 0.6 is 0 Å². The quantitative estimate of drug-likeness (QED) is 0.907. The third kappa shape index (κ3) is 3.68. The minimum absolute atomic E-state index is 0.232. The Morgan fingerprint density at radius 2 is 2.15 bits per heavy atom. The summed E-state index contributed by atoms with van der Waals surface area (Å²) in [5.74, 6) is 0. The Morgan fingerprint density at radius 1 is 1.40 bits per heavy atom. The molecular formula is C14H18N2O3S. The molecule has 0 radical (unpaired) electrons. The van der Waals surface area contributed by atoms with Gasteiger partial charge in [0.2, 0.25) is 0 Å². The van der Waals surface area contributed by atoms with Gasteiger partial charge in [-0.3, -0.25) is 4.68 Å². The number of benzene rings is 1. The van der Waals surface area contributed by atoms with Crippen molar-refractivity contribution in [1.29, 1.82) is 0 Å². The predicted octanol–water partition coefficient (Wildman–Crippen LogP) is 1.49. The first-order valence-corrected chi connectivity index (χ1v) is 8.21. The number of hydrogen-bond donors (Lipinski definition) is 1. The second-order valence-electron chi connectivity index (χ2n) is 4.92. The van der Waals surface area contributed by atoms with Gasteiger partial charge >= 0.3 is 0 Å². The molecule has 20 heavy (non-hydrogen) atoms. The summed E-state index contributed by atoms with van der Waals surface area (Å²) < 4.78 is 24.7. The first-order valence-electron chi connectivity index (χ1n) is 6.32. The van der Waals surface area contributed by atoms with E-state index in [2.05, 4.69) is 5.10 Å². The van der Waals surface area contributed by atoms with Gasteiger partial charge in [-0.2, -0.15) is 5.10 Å². The van der Waals surface area contributed by atoms with E-state index in [1.165, 1.54) is 12.1 Å². The Morgan fingerprint density at radius 3 is 2.75 bits per heavy atom. The van der Waals surface area contributed by atoms with Crippen LogP contribution < -0.4 is 0 Å². The van der Waals surface area contributed by atoms with Crippen LogP contribution in [0.1, 0.15) is 23.7 Å². The fraction of sp³-hybridized carbons (Fsp3) is 0.357. The largest absolute Gasteiger partial charge is 0.388 e. The lowest BCUT2D eigenvalue weighted by atomic mass is 10.0. The van der Waals surface area contributed by atoms with Gasteiger partial charge in [-0.15, -0.1) is 0 Å². The van der Waals surface area contributed by atoms with E-state index in [0.717, 1.165) is 11.8 Å². The van der Waals surface area contributed by atoms with Crippen LogP contribution in [0, 0.1) is 0 Å². The molecular weight excluding hydrogens is 276 g/mol. The number of nitrogens with zero attached hydrogens (tertiary/aromatic N) is 2. The molecule has 1 heterocycles. The topological polar surface area (TPSA) is 72.2 Å². The predicted molar refractivity (Wildman–Crippen MR) is 76.0 cm³/mol. The van der Waals surface area contributed by atoms with Crippen LogP contribution in [0.25, 0.3) is 0 Å². The Bertz CT molecular complexity index is 692. The molecule has 0 bridgehead atoms. The van der Waals surface area contributed by atoms with Crippen LogP contribution in [-0.2, 0) is 23.3 Å². The molecule has 0 aliphatic carbocycles. The van der Waals surface area contributed by atoms with E-state index in [-0.39, 0.29) is 4.90 Å². The van der Waals surface area contributed by atoms with Crippen molar-refractivity contribution in [2.45, 2.75) is 23.8 Å². The second kappa shape index (κ2) is 5.76. The minimum atomic E-state index is -3.25. The van der Waals surface area contributed by atoms with E-state index in [1.54, 1.807) is 23.0 Å². The summed E-state index contributed by atoms with van der Waals surface area (Å²) in [6.45, 7) is 0. The van der Waals surface area contributed by atoms with Crippen LogP contribution in [0.4, 0.5) is 0 Å². The molecule has 1 N–H and O–H groups in total. The molecule has 6 heteroatoms. The average molecular weight is 294 g/mol. The maximum atomic E-state index is 11.5. The van der Waals surface area contributed by atoms with Crippen molar-refractivity contribution >= 4 is 9.84 Å². The highest BCUT2D eigenvalue weighted by Gasteiger charge is 2.12. The Balaban J connectivity index is 2.07. The van der Waals surface area contributed by atoms with E-state index in [4.69, 9.17) is 0 Å². The van der Waals surface area contributed by atoms with Gasteiger partial charge in [-0.05, 0) is 36.1 Å². The lowest BCUT2D eigenvalue weighted by Gasteiger charge is -2.11. The second-order valence-corrected chi connectivity index (χ2v) is 6.94. The smallest absolute Gasteiger partial charge is 0.175 e. The van der Waals surface area contributed by atoms with Crippen LogP contribution in [0.2, 0.25) is 0 Å². The van der Waals surface area contributed by atoms with E-state index in [1.807, 2.05) is 13.2 Å². The monoisotopic (exact) mass is 294 g/mol. The van der Waals surface area contributed by atoms with Crippen LogP contribution in [-0.4, -0.2) is 29.6 Å². The van der Waals surface area contributed by atoms with Crippen LogP contribution in [0.3, 0.4) is 0 Å². The number of hydrogen-bond acceptors (Lipinski definition) is 4. The fourth-order valence-corrected chi connectivity index (χ4v) is 2.70. The third-order valence-corrected chi connectivity index (χ3v) is 4.25. The molecule has 0 aliphatic rings. The maximum absolute atomic E-state index is 11.5. The van der Waals surface area contributed by atoms with E-state index in [9.17, 15) is 13.5 Å². The molecule has 2 rings (SSSR count). The highest BCUT2D eigenvalue weighted by Crippen LogP contribution is 2.21. The summed E-state index contributed by atoms with van der Waals surface area (Å²) in [5, 5.41) is 14.2. The van der Waals surface area contributed by atoms with Gasteiger partial charge in [0, 0.05) is 19.5 Å². The SMILES string of the molecule is Cn1cc(CCC(O)c2cccc(S(C)(=O)=O)c2)cn1. The number of rotatable bonds is 5. The van der Waals surface area contributed by atoms with Crippen molar-refractivity contribution in [1.82, 2.24) is 9.78 Å². The van der Waals surface area contributed by atoms with Gasteiger partial charge in [0.1, 0.15) is 0 Å². The van der Waals surface area contributed by atoms with Crippen molar-refractivity contribution in [3.8, 4) is 0 Å². The summed E-state index contributed by atoms with van der Waals surface area (Å²) in [5.41, 5.74) is 1.67.